The topological polar surface area (TPSA) is 66.9 Å². The van der Waals surface area contributed by atoms with Gasteiger partial charge in [0, 0.05) is 26.1 Å². The van der Waals surface area contributed by atoms with Crippen LogP contribution in [0.4, 0.5) is 4.39 Å². The quantitative estimate of drug-likeness (QED) is 0.651. The monoisotopic (exact) mass is 448 g/mol. The molecule has 31 heavy (non-hydrogen) atoms. The average Bonchev–Trinajstić information content (AvgIpc) is 2.72. The Morgan fingerprint density at radius 2 is 1.74 bits per heavy atom. The normalized spacial score (nSPS) is 15.6. The predicted octanol–water partition coefficient (Wildman–Crippen LogP) is 3.38. The first-order chi connectivity index (χ1) is 14.7. The Hall–Kier alpha value is -2.45. The molecule has 1 amide bonds. The van der Waals surface area contributed by atoms with E-state index in [1.807, 2.05) is 26.0 Å². The first-order valence-corrected chi connectivity index (χ1v) is 11.8. The van der Waals surface area contributed by atoms with Gasteiger partial charge in [-0.05, 0) is 62.1 Å². The highest BCUT2D eigenvalue weighted by molar-refractivity contribution is 7.89. The molecule has 0 radical (unpaired) electrons. The summed E-state index contributed by atoms with van der Waals surface area (Å²) >= 11 is 0. The van der Waals surface area contributed by atoms with Crippen molar-refractivity contribution in [1.82, 2.24) is 9.21 Å². The van der Waals surface area contributed by atoms with Crippen molar-refractivity contribution in [2.45, 2.75) is 31.6 Å². The van der Waals surface area contributed by atoms with E-state index in [1.165, 1.54) is 22.5 Å². The number of hydrogen-bond acceptors (Lipinski definition) is 4. The van der Waals surface area contributed by atoms with Crippen LogP contribution in [-0.4, -0.2) is 56.8 Å². The molecular formula is C23H29FN2O4S. The van der Waals surface area contributed by atoms with Gasteiger partial charge in [0.25, 0.3) is 0 Å². The molecule has 0 aromatic heterocycles. The zero-order valence-electron chi connectivity index (χ0n) is 18.2. The lowest BCUT2D eigenvalue weighted by atomic mass is 9.97. The third-order valence-corrected chi connectivity index (χ3v) is 7.46. The van der Waals surface area contributed by atoms with Gasteiger partial charge in [-0.2, -0.15) is 4.31 Å². The summed E-state index contributed by atoms with van der Waals surface area (Å²) in [7, 11) is -2.17. The van der Waals surface area contributed by atoms with Gasteiger partial charge >= 0.3 is 0 Å². The number of halogens is 1. The van der Waals surface area contributed by atoms with Crippen LogP contribution in [0.5, 0.6) is 5.75 Å². The highest BCUT2D eigenvalue weighted by Crippen LogP contribution is 2.26. The first kappa shape index (κ1) is 23.2. The Labute approximate surface area is 183 Å². The Bertz CT molecular complexity index is 1010. The molecule has 1 fully saturated rings. The molecule has 3 rings (SSSR count). The van der Waals surface area contributed by atoms with Crippen LogP contribution in [0.3, 0.4) is 0 Å². The number of amides is 1. The molecule has 1 aliphatic rings. The van der Waals surface area contributed by atoms with Gasteiger partial charge in [-0.3, -0.25) is 4.79 Å². The number of benzene rings is 2. The van der Waals surface area contributed by atoms with E-state index in [4.69, 9.17) is 4.74 Å². The number of likely N-dealkylation sites (N-methyl/N-ethyl adjacent to an activating group) is 1. The van der Waals surface area contributed by atoms with Crippen molar-refractivity contribution in [2.75, 3.05) is 33.3 Å². The lowest BCUT2D eigenvalue weighted by Gasteiger charge is -2.32. The molecule has 0 aliphatic carbocycles. The highest BCUT2D eigenvalue weighted by atomic mass is 32.2. The number of carbonyl (C=O) groups is 1. The Kier molecular flexibility index (Phi) is 7.33. The van der Waals surface area contributed by atoms with Crippen molar-refractivity contribution in [2.24, 2.45) is 5.92 Å². The van der Waals surface area contributed by atoms with Gasteiger partial charge in [0.2, 0.25) is 15.9 Å². The van der Waals surface area contributed by atoms with Crippen LogP contribution in [0.25, 0.3) is 0 Å². The first-order valence-electron chi connectivity index (χ1n) is 10.4. The number of ether oxygens (including phenoxy) is 1. The van der Waals surface area contributed by atoms with E-state index < -0.39 is 15.8 Å². The molecule has 2 aromatic carbocycles. The van der Waals surface area contributed by atoms with Crippen LogP contribution in [-0.2, 0) is 14.8 Å². The Morgan fingerprint density at radius 1 is 1.13 bits per heavy atom. The summed E-state index contributed by atoms with van der Waals surface area (Å²) in [6.07, 6.45) is 0.823. The number of sulfonamides is 1. The van der Waals surface area contributed by atoms with Crippen molar-refractivity contribution in [3.8, 4) is 5.75 Å². The molecule has 168 valence electrons. The van der Waals surface area contributed by atoms with Crippen LogP contribution in [0.2, 0.25) is 0 Å². The largest absolute Gasteiger partial charge is 0.492 e. The fourth-order valence-corrected chi connectivity index (χ4v) is 5.41. The molecular weight excluding hydrogens is 419 g/mol. The lowest BCUT2D eigenvalue weighted by Crippen LogP contribution is -2.44. The standard InChI is InChI=1S/C23H29FN2O4S/c1-17-14-18(2)16-20(15-17)30-13-12-25(3)23(27)19-8-10-26(11-9-19)31(28,29)22-7-5-4-6-21(22)24/h4-7,14-16,19H,8-13H2,1-3H3. The number of nitrogens with zero attached hydrogens (tertiary/aromatic N) is 2. The average molecular weight is 449 g/mol. The van der Waals surface area contributed by atoms with Crippen LogP contribution in [0.1, 0.15) is 24.0 Å². The number of aryl methyl sites for hydroxylation is 2. The maximum atomic E-state index is 14.0. The molecule has 0 atom stereocenters. The van der Waals surface area contributed by atoms with Crippen molar-refractivity contribution in [3.05, 3.63) is 59.4 Å². The van der Waals surface area contributed by atoms with Crippen molar-refractivity contribution in [1.29, 1.82) is 0 Å². The van der Waals surface area contributed by atoms with Gasteiger partial charge in [-0.15, -0.1) is 0 Å². The number of piperidine rings is 1. The molecule has 1 heterocycles. The second kappa shape index (κ2) is 9.78. The molecule has 0 N–H and O–H groups in total. The number of rotatable bonds is 7. The Balaban J connectivity index is 1.51. The fraction of sp³-hybridized carbons (Fsp3) is 0.435. The maximum Gasteiger partial charge on any atom is 0.245 e. The third-order valence-electron chi connectivity index (χ3n) is 5.52. The molecule has 1 saturated heterocycles. The smallest absolute Gasteiger partial charge is 0.245 e. The van der Waals surface area contributed by atoms with Gasteiger partial charge in [0.1, 0.15) is 23.1 Å². The minimum atomic E-state index is -3.90. The van der Waals surface area contributed by atoms with Gasteiger partial charge < -0.3 is 9.64 Å². The summed E-state index contributed by atoms with van der Waals surface area (Å²) < 4.78 is 46.4. The molecule has 2 aromatic rings. The highest BCUT2D eigenvalue weighted by Gasteiger charge is 2.34. The predicted molar refractivity (Wildman–Crippen MR) is 117 cm³/mol. The second-order valence-corrected chi connectivity index (χ2v) is 9.95. The molecule has 6 nitrogen and oxygen atoms in total. The number of hydrogen-bond donors (Lipinski definition) is 0. The zero-order chi connectivity index (χ0) is 22.6. The van der Waals surface area contributed by atoms with Crippen molar-refractivity contribution < 1.29 is 22.3 Å². The van der Waals surface area contributed by atoms with Crippen molar-refractivity contribution >= 4 is 15.9 Å². The van der Waals surface area contributed by atoms with E-state index in [9.17, 15) is 17.6 Å². The lowest BCUT2D eigenvalue weighted by molar-refractivity contribution is -0.135. The summed E-state index contributed by atoms with van der Waals surface area (Å²) in [5.41, 5.74) is 2.24. The van der Waals surface area contributed by atoms with Crippen LogP contribution in [0, 0.1) is 25.6 Å². The van der Waals surface area contributed by atoms with Crippen molar-refractivity contribution in [3.63, 3.8) is 0 Å². The Morgan fingerprint density at radius 3 is 2.35 bits per heavy atom. The maximum absolute atomic E-state index is 14.0. The summed E-state index contributed by atoms with van der Waals surface area (Å²) in [6.45, 7) is 5.23. The van der Waals surface area contributed by atoms with E-state index in [0.29, 0.717) is 26.0 Å². The minimum absolute atomic E-state index is 0.0213. The molecule has 0 saturated carbocycles. The third kappa shape index (κ3) is 5.62. The summed E-state index contributed by atoms with van der Waals surface area (Å²) in [4.78, 5) is 14.1. The van der Waals surface area contributed by atoms with Gasteiger partial charge in [0.15, 0.2) is 0 Å². The van der Waals surface area contributed by atoms with Crippen LogP contribution < -0.4 is 4.74 Å². The van der Waals surface area contributed by atoms with E-state index in [2.05, 4.69) is 6.07 Å². The van der Waals surface area contributed by atoms with E-state index in [0.717, 1.165) is 22.9 Å². The summed E-state index contributed by atoms with van der Waals surface area (Å²) in [5.74, 6) is -0.250. The molecule has 0 bridgehead atoms. The van der Waals surface area contributed by atoms with E-state index >= 15 is 0 Å². The van der Waals surface area contributed by atoms with Crippen LogP contribution in [0.15, 0.2) is 47.4 Å². The van der Waals surface area contributed by atoms with Gasteiger partial charge in [-0.25, -0.2) is 12.8 Å². The second-order valence-electron chi connectivity index (χ2n) is 8.04. The summed E-state index contributed by atoms with van der Waals surface area (Å²) in [6, 6.07) is 11.4. The summed E-state index contributed by atoms with van der Waals surface area (Å²) in [5, 5.41) is 0. The molecule has 8 heteroatoms. The fourth-order valence-electron chi connectivity index (χ4n) is 3.87. The van der Waals surface area contributed by atoms with Crippen LogP contribution >= 0.6 is 0 Å². The van der Waals surface area contributed by atoms with E-state index in [-0.39, 0.29) is 29.8 Å². The van der Waals surface area contributed by atoms with Gasteiger partial charge in [0.05, 0.1) is 6.54 Å². The molecule has 0 spiro atoms. The minimum Gasteiger partial charge on any atom is -0.492 e. The molecule has 1 aliphatic heterocycles. The molecule has 0 unspecified atom stereocenters. The number of carbonyl (C=O) groups excluding carboxylic acids is 1. The van der Waals surface area contributed by atoms with Gasteiger partial charge in [-0.1, -0.05) is 18.2 Å². The zero-order valence-corrected chi connectivity index (χ0v) is 19.0. The van der Waals surface area contributed by atoms with E-state index in [1.54, 1.807) is 11.9 Å². The SMILES string of the molecule is Cc1cc(C)cc(OCCN(C)C(=O)C2CCN(S(=O)(=O)c3ccccc3F)CC2)c1.